The number of nitrogens with one attached hydrogen (secondary N) is 2. The quantitative estimate of drug-likeness (QED) is 0.102. The lowest BCUT2D eigenvalue weighted by atomic mass is 9.81. The van der Waals surface area contributed by atoms with Crippen molar-refractivity contribution in [3.05, 3.63) is 12.2 Å². The molecule has 1 aliphatic rings. The molecule has 1 aliphatic heterocycles. The second-order valence-corrected chi connectivity index (χ2v) is 8.74. The number of methoxy groups -OCH3 is 1. The molecule has 36 heavy (non-hydrogen) atoms. The van der Waals surface area contributed by atoms with Crippen LogP contribution < -0.4 is 10.6 Å². The van der Waals surface area contributed by atoms with Gasteiger partial charge in [-0.2, -0.15) is 0 Å². The predicted molar refractivity (Wildman–Crippen MR) is 135 cm³/mol. The van der Waals surface area contributed by atoms with Crippen LogP contribution in [0.1, 0.15) is 40.0 Å². The summed E-state index contributed by atoms with van der Waals surface area (Å²) in [6, 6.07) is -0.512. The Morgan fingerprint density at radius 1 is 1.17 bits per heavy atom. The fourth-order valence-electron chi connectivity index (χ4n) is 4.30. The molecule has 0 aromatic carbocycles. The molecule has 0 saturated carbocycles. The molecule has 5 atom stereocenters. The monoisotopic (exact) mass is 512 g/mol. The molecule has 0 aliphatic carbocycles. The first kappa shape index (κ1) is 32.0. The van der Waals surface area contributed by atoms with E-state index in [0.717, 1.165) is 12.8 Å². The molecule has 2 N–H and O–H groups in total. The smallest absolute Gasteiger partial charge is 0.294 e. The third-order valence-electron chi connectivity index (χ3n) is 6.03. The van der Waals surface area contributed by atoms with Gasteiger partial charge in [0.05, 0.1) is 57.9 Å². The van der Waals surface area contributed by atoms with Gasteiger partial charge in [0.25, 0.3) is 6.47 Å². The highest BCUT2D eigenvalue weighted by atomic mass is 16.6. The molecule has 0 radical (unpaired) electrons. The summed E-state index contributed by atoms with van der Waals surface area (Å²) >= 11 is 0. The number of hydrogen-bond acceptors (Lipinski definition) is 9. The van der Waals surface area contributed by atoms with Gasteiger partial charge in [0.1, 0.15) is 6.61 Å². The predicted octanol–water partition coefficient (Wildman–Crippen LogP) is 1.43. The van der Waals surface area contributed by atoms with Crippen LogP contribution in [0.3, 0.4) is 0 Å². The van der Waals surface area contributed by atoms with Crippen molar-refractivity contribution in [2.75, 3.05) is 60.0 Å². The van der Waals surface area contributed by atoms with E-state index < -0.39 is 11.8 Å². The van der Waals surface area contributed by atoms with Gasteiger partial charge < -0.3 is 33.7 Å². The molecule has 1 fully saturated rings. The number of carbonyl (C=O) groups is 2. The van der Waals surface area contributed by atoms with Crippen LogP contribution in [-0.2, 0) is 38.0 Å². The summed E-state index contributed by atoms with van der Waals surface area (Å²) in [7, 11) is 1.65. The molecule has 206 valence electrons. The average molecular weight is 513 g/mol. The lowest BCUT2D eigenvalue weighted by Gasteiger charge is -2.41. The van der Waals surface area contributed by atoms with Crippen molar-refractivity contribution in [3.63, 3.8) is 0 Å². The minimum atomic E-state index is -0.591. The lowest BCUT2D eigenvalue weighted by molar-refractivity contribution is -0.135. The standard InChI is InChI=1S/C26H44N2O8/c1-6-10-26(4,31-5)25(27-21(3)30)24-22(19-23(28-24)36-20-29)9-8-12-33-14-16-35-18-17-34-15-13-32-11-7-2/h2,8-9,20,22-25,28H,6,10-19H2,1,3-5H3,(H,27,30)/t22-,23+,24-,25-,26+/m1/s1. The second-order valence-electron chi connectivity index (χ2n) is 8.74. The van der Waals surface area contributed by atoms with Gasteiger partial charge in [-0.15, -0.1) is 6.42 Å². The Bertz CT molecular complexity index is 683. The van der Waals surface area contributed by atoms with Gasteiger partial charge in [-0.3, -0.25) is 14.9 Å². The largest absolute Gasteiger partial charge is 0.449 e. The van der Waals surface area contributed by atoms with E-state index in [1.807, 2.05) is 19.1 Å². The van der Waals surface area contributed by atoms with E-state index in [4.69, 9.17) is 34.8 Å². The summed E-state index contributed by atoms with van der Waals surface area (Å²) < 4.78 is 32.7. The van der Waals surface area contributed by atoms with E-state index >= 15 is 0 Å². The van der Waals surface area contributed by atoms with Crippen LogP contribution in [-0.4, -0.2) is 96.3 Å². The fourth-order valence-corrected chi connectivity index (χ4v) is 4.30. The van der Waals surface area contributed by atoms with Crippen molar-refractivity contribution in [3.8, 4) is 12.3 Å². The Morgan fingerprint density at radius 3 is 2.36 bits per heavy atom. The van der Waals surface area contributed by atoms with Crippen molar-refractivity contribution >= 4 is 12.4 Å². The highest BCUT2D eigenvalue weighted by Crippen LogP contribution is 2.32. The zero-order valence-electron chi connectivity index (χ0n) is 22.2. The molecule has 1 amide bonds. The lowest BCUT2D eigenvalue weighted by Crippen LogP contribution is -2.62. The van der Waals surface area contributed by atoms with E-state index in [0.29, 0.717) is 59.1 Å². The minimum absolute atomic E-state index is 0.000238. The summed E-state index contributed by atoms with van der Waals surface area (Å²) in [6.07, 6.45) is 10.9. The highest BCUT2D eigenvalue weighted by molar-refractivity contribution is 5.73. The molecule has 1 heterocycles. The summed E-state index contributed by atoms with van der Waals surface area (Å²) in [5, 5.41) is 6.42. The molecule has 0 bridgehead atoms. The van der Waals surface area contributed by atoms with Gasteiger partial charge in [-0.25, -0.2) is 0 Å². The number of rotatable bonds is 21. The maximum atomic E-state index is 12.0. The van der Waals surface area contributed by atoms with Gasteiger partial charge in [0, 0.05) is 26.5 Å². The molecule has 1 saturated heterocycles. The molecule has 0 aromatic rings. The minimum Gasteiger partial charge on any atom is -0.449 e. The Kier molecular flexibility index (Phi) is 17.0. The SMILES string of the molecule is C#CCOCCOCCOCCOCC=C[C@@H]1C[C@H](OC=O)N[C@H]1[C@@H](NC(C)=O)[C@](C)(CCC)OC. The maximum Gasteiger partial charge on any atom is 0.294 e. The molecule has 10 nitrogen and oxygen atoms in total. The van der Waals surface area contributed by atoms with E-state index in [-0.39, 0.29) is 30.5 Å². The number of terminal acetylenes is 1. The van der Waals surface area contributed by atoms with Gasteiger partial charge in [0.2, 0.25) is 5.91 Å². The van der Waals surface area contributed by atoms with Crippen molar-refractivity contribution in [1.82, 2.24) is 10.6 Å². The van der Waals surface area contributed by atoms with Gasteiger partial charge in [-0.05, 0) is 19.3 Å². The zero-order chi connectivity index (χ0) is 26.7. The van der Waals surface area contributed by atoms with Crippen LogP contribution in [0.5, 0.6) is 0 Å². The third kappa shape index (κ3) is 12.3. The van der Waals surface area contributed by atoms with E-state index in [9.17, 15) is 9.59 Å². The Labute approximate surface area is 215 Å². The first-order chi connectivity index (χ1) is 17.4. The molecule has 10 heteroatoms. The Balaban J connectivity index is 2.51. The Morgan fingerprint density at radius 2 is 1.81 bits per heavy atom. The van der Waals surface area contributed by atoms with Crippen LogP contribution in [0, 0.1) is 18.3 Å². The van der Waals surface area contributed by atoms with Crippen LogP contribution in [0.4, 0.5) is 0 Å². The molecular formula is C26H44N2O8. The first-order valence-electron chi connectivity index (χ1n) is 12.5. The Hall–Kier alpha value is -2.00. The summed E-state index contributed by atoms with van der Waals surface area (Å²) in [4.78, 5) is 23.0. The molecular weight excluding hydrogens is 468 g/mol. The molecule has 0 aromatic heterocycles. The van der Waals surface area contributed by atoms with Crippen molar-refractivity contribution in [1.29, 1.82) is 0 Å². The summed E-state index contributed by atoms with van der Waals surface area (Å²) in [5.41, 5.74) is -0.591. The second kappa shape index (κ2) is 19.2. The van der Waals surface area contributed by atoms with Crippen LogP contribution in [0.15, 0.2) is 12.2 Å². The first-order valence-corrected chi connectivity index (χ1v) is 12.5. The van der Waals surface area contributed by atoms with Gasteiger partial charge in [-0.1, -0.05) is 31.4 Å². The van der Waals surface area contributed by atoms with E-state index in [2.05, 4.69) is 23.5 Å². The van der Waals surface area contributed by atoms with Crippen LogP contribution >= 0.6 is 0 Å². The maximum absolute atomic E-state index is 12.0. The molecule has 0 unspecified atom stereocenters. The van der Waals surface area contributed by atoms with Crippen LogP contribution in [0.25, 0.3) is 0 Å². The van der Waals surface area contributed by atoms with Crippen molar-refractivity contribution in [2.24, 2.45) is 5.92 Å². The third-order valence-corrected chi connectivity index (χ3v) is 6.03. The zero-order valence-corrected chi connectivity index (χ0v) is 22.2. The summed E-state index contributed by atoms with van der Waals surface area (Å²) in [6.45, 7) is 9.51. The highest BCUT2D eigenvalue weighted by Gasteiger charge is 2.46. The molecule has 0 spiro atoms. The van der Waals surface area contributed by atoms with Crippen molar-refractivity contribution < 1.29 is 38.0 Å². The molecule has 1 rings (SSSR count). The van der Waals surface area contributed by atoms with Crippen LogP contribution in [0.2, 0.25) is 0 Å². The number of ether oxygens (including phenoxy) is 6. The number of carbonyl (C=O) groups excluding carboxylic acids is 2. The normalized spacial score (nSPS) is 22.1. The van der Waals surface area contributed by atoms with Gasteiger partial charge >= 0.3 is 0 Å². The average Bonchev–Trinajstić information content (AvgIpc) is 3.25. The van der Waals surface area contributed by atoms with Gasteiger partial charge in [0.15, 0.2) is 6.23 Å². The van der Waals surface area contributed by atoms with E-state index in [1.165, 1.54) is 6.92 Å². The number of hydrogen-bond donors (Lipinski definition) is 2. The fraction of sp³-hybridized carbons (Fsp3) is 0.769. The topological polar surface area (TPSA) is 114 Å². The number of amides is 1. The summed E-state index contributed by atoms with van der Waals surface area (Å²) in [5.74, 6) is 2.25. The van der Waals surface area contributed by atoms with E-state index in [1.54, 1.807) is 7.11 Å². The van der Waals surface area contributed by atoms with Crippen molar-refractivity contribution in [2.45, 2.75) is 63.9 Å².